The summed E-state index contributed by atoms with van der Waals surface area (Å²) in [5.41, 5.74) is 1.66. The number of rotatable bonds is 2. The summed E-state index contributed by atoms with van der Waals surface area (Å²) in [6.07, 6.45) is 1.37. The van der Waals surface area contributed by atoms with Crippen molar-refractivity contribution >= 4 is 15.7 Å². The molecule has 118 valence electrons. The average molecular weight is 314 g/mol. The van der Waals surface area contributed by atoms with Crippen molar-refractivity contribution in [2.75, 3.05) is 24.2 Å². The standard InChI is InChI=1S/C13H22N4O3S/c1-9-6-16-12(7-15(9)3)11(5-14-16)17-10(2)13(20-4)8-21(17,18)19/h5,9-10,13H,6-8H2,1-4H3/t9-,10?,13?/m0/s1. The maximum absolute atomic E-state index is 12.5. The molecule has 3 atom stereocenters. The van der Waals surface area contributed by atoms with Crippen molar-refractivity contribution in [1.82, 2.24) is 14.7 Å². The molecule has 2 aliphatic heterocycles. The summed E-state index contributed by atoms with van der Waals surface area (Å²) in [7, 11) is 0.257. The largest absolute Gasteiger partial charge is 0.378 e. The van der Waals surface area contributed by atoms with Gasteiger partial charge in [-0.3, -0.25) is 13.9 Å². The van der Waals surface area contributed by atoms with Crippen LogP contribution in [0.25, 0.3) is 0 Å². The molecule has 1 aromatic rings. The third-order valence-electron chi connectivity index (χ3n) is 4.64. The lowest BCUT2D eigenvalue weighted by Crippen LogP contribution is -2.40. The van der Waals surface area contributed by atoms with E-state index < -0.39 is 10.0 Å². The molecule has 0 radical (unpaired) electrons. The molecule has 1 aromatic heterocycles. The van der Waals surface area contributed by atoms with E-state index >= 15 is 0 Å². The van der Waals surface area contributed by atoms with Crippen LogP contribution in [-0.4, -0.2) is 61.2 Å². The van der Waals surface area contributed by atoms with Gasteiger partial charge in [0.2, 0.25) is 10.0 Å². The second-order valence-electron chi connectivity index (χ2n) is 6.01. The highest BCUT2D eigenvalue weighted by Crippen LogP contribution is 2.34. The lowest BCUT2D eigenvalue weighted by Gasteiger charge is -2.32. The quantitative estimate of drug-likeness (QED) is 0.784. The van der Waals surface area contributed by atoms with E-state index in [1.54, 1.807) is 13.3 Å². The van der Waals surface area contributed by atoms with Gasteiger partial charge in [0, 0.05) is 19.7 Å². The fourth-order valence-corrected chi connectivity index (χ4v) is 5.24. The third-order valence-corrected chi connectivity index (χ3v) is 6.52. The van der Waals surface area contributed by atoms with Crippen molar-refractivity contribution in [3.8, 4) is 0 Å². The van der Waals surface area contributed by atoms with E-state index in [-0.39, 0.29) is 17.9 Å². The predicted molar refractivity (Wildman–Crippen MR) is 79.7 cm³/mol. The summed E-state index contributed by atoms with van der Waals surface area (Å²) in [6.45, 7) is 5.51. The number of nitrogens with zero attached hydrogens (tertiary/aromatic N) is 4. The zero-order valence-corrected chi connectivity index (χ0v) is 13.7. The molecule has 0 bridgehead atoms. The summed E-state index contributed by atoms with van der Waals surface area (Å²) in [6, 6.07) is 0.183. The number of ether oxygens (including phenoxy) is 1. The predicted octanol–water partition coefficient (Wildman–Crippen LogP) is 0.270. The topological polar surface area (TPSA) is 67.7 Å². The van der Waals surface area contributed by atoms with Gasteiger partial charge in [0.15, 0.2) is 0 Å². The van der Waals surface area contributed by atoms with Gasteiger partial charge in [-0.05, 0) is 20.9 Å². The lowest BCUT2D eigenvalue weighted by molar-refractivity contribution is 0.111. The molecule has 3 rings (SSSR count). The molecule has 0 aromatic carbocycles. The maximum atomic E-state index is 12.5. The van der Waals surface area contributed by atoms with Crippen LogP contribution < -0.4 is 4.31 Å². The Labute approximate surface area is 125 Å². The number of sulfonamides is 1. The van der Waals surface area contributed by atoms with Gasteiger partial charge in [0.05, 0.1) is 42.0 Å². The van der Waals surface area contributed by atoms with Crippen LogP contribution >= 0.6 is 0 Å². The Kier molecular flexibility index (Phi) is 3.50. The van der Waals surface area contributed by atoms with Crippen LogP contribution in [0.3, 0.4) is 0 Å². The minimum Gasteiger partial charge on any atom is -0.378 e. The number of hydrogen-bond acceptors (Lipinski definition) is 5. The molecule has 7 nitrogen and oxygen atoms in total. The van der Waals surface area contributed by atoms with Crippen LogP contribution in [0.4, 0.5) is 5.69 Å². The van der Waals surface area contributed by atoms with Crippen molar-refractivity contribution in [3.63, 3.8) is 0 Å². The lowest BCUT2D eigenvalue weighted by atomic mass is 10.1. The molecule has 3 heterocycles. The average Bonchev–Trinajstić information content (AvgIpc) is 2.89. The Morgan fingerprint density at radius 3 is 2.71 bits per heavy atom. The zero-order valence-electron chi connectivity index (χ0n) is 12.9. The van der Waals surface area contributed by atoms with Crippen molar-refractivity contribution < 1.29 is 13.2 Å². The number of methoxy groups -OCH3 is 1. The number of hydrogen-bond donors (Lipinski definition) is 0. The normalized spacial score (nSPS) is 32.4. The summed E-state index contributed by atoms with van der Waals surface area (Å²) in [4.78, 5) is 2.21. The molecule has 0 N–H and O–H groups in total. The molecular weight excluding hydrogens is 292 g/mol. The summed E-state index contributed by atoms with van der Waals surface area (Å²) >= 11 is 0. The van der Waals surface area contributed by atoms with Crippen LogP contribution in [0, 0.1) is 0 Å². The van der Waals surface area contributed by atoms with Gasteiger partial charge in [-0.2, -0.15) is 5.10 Å². The first kappa shape index (κ1) is 14.8. The van der Waals surface area contributed by atoms with E-state index in [1.807, 2.05) is 18.7 Å². The van der Waals surface area contributed by atoms with Crippen molar-refractivity contribution in [2.45, 2.75) is 45.1 Å². The zero-order chi connectivity index (χ0) is 15.4. The summed E-state index contributed by atoms with van der Waals surface area (Å²) in [5.74, 6) is 0.0293. The third kappa shape index (κ3) is 2.25. The van der Waals surface area contributed by atoms with E-state index in [1.165, 1.54) is 4.31 Å². The van der Waals surface area contributed by atoms with Gasteiger partial charge < -0.3 is 4.74 Å². The first-order chi connectivity index (χ1) is 9.85. The highest BCUT2D eigenvalue weighted by molar-refractivity contribution is 7.93. The number of anilines is 1. The second kappa shape index (κ2) is 4.96. The molecule has 0 aliphatic carbocycles. The molecule has 8 heteroatoms. The molecule has 0 saturated carbocycles. The van der Waals surface area contributed by atoms with Gasteiger partial charge in [-0.15, -0.1) is 0 Å². The molecule has 21 heavy (non-hydrogen) atoms. The van der Waals surface area contributed by atoms with E-state index in [2.05, 4.69) is 16.9 Å². The van der Waals surface area contributed by atoms with Gasteiger partial charge in [0.1, 0.15) is 0 Å². The van der Waals surface area contributed by atoms with Gasteiger partial charge in [0.25, 0.3) is 0 Å². The molecular formula is C13H22N4O3S. The molecule has 1 saturated heterocycles. The smallest absolute Gasteiger partial charge is 0.238 e. The molecule has 0 spiro atoms. The van der Waals surface area contributed by atoms with Crippen LogP contribution in [0.1, 0.15) is 19.5 Å². The van der Waals surface area contributed by atoms with Crippen LogP contribution in [0.5, 0.6) is 0 Å². The highest BCUT2D eigenvalue weighted by Gasteiger charge is 2.44. The van der Waals surface area contributed by atoms with Gasteiger partial charge in [-0.25, -0.2) is 8.42 Å². The monoisotopic (exact) mass is 314 g/mol. The van der Waals surface area contributed by atoms with Gasteiger partial charge >= 0.3 is 0 Å². The first-order valence-electron chi connectivity index (χ1n) is 7.15. The first-order valence-corrected chi connectivity index (χ1v) is 8.76. The minimum absolute atomic E-state index is 0.0293. The van der Waals surface area contributed by atoms with E-state index in [0.717, 1.165) is 12.2 Å². The van der Waals surface area contributed by atoms with Crippen molar-refractivity contribution in [3.05, 3.63) is 11.9 Å². The molecule has 1 fully saturated rings. The fourth-order valence-electron chi connectivity index (χ4n) is 3.15. The summed E-state index contributed by atoms with van der Waals surface area (Å²) < 4.78 is 33.7. The molecule has 2 unspecified atom stereocenters. The SMILES string of the molecule is COC1CS(=O)(=O)N(c2cnn3c2CN(C)[C@@H](C)C3)C1C. The van der Waals surface area contributed by atoms with E-state index in [4.69, 9.17) is 4.74 Å². The Balaban J connectivity index is 2.02. The van der Waals surface area contributed by atoms with Crippen molar-refractivity contribution in [2.24, 2.45) is 0 Å². The Morgan fingerprint density at radius 2 is 2.10 bits per heavy atom. The van der Waals surface area contributed by atoms with Crippen LogP contribution in [-0.2, 0) is 27.8 Å². The fraction of sp³-hybridized carbons (Fsp3) is 0.769. The van der Waals surface area contributed by atoms with Crippen LogP contribution in [0.15, 0.2) is 6.20 Å². The van der Waals surface area contributed by atoms with Crippen molar-refractivity contribution in [1.29, 1.82) is 0 Å². The number of likely N-dealkylation sites (N-methyl/N-ethyl adjacent to an activating group) is 1. The second-order valence-corrected chi connectivity index (χ2v) is 7.90. The molecule has 2 aliphatic rings. The van der Waals surface area contributed by atoms with Crippen LogP contribution in [0.2, 0.25) is 0 Å². The Morgan fingerprint density at radius 1 is 1.38 bits per heavy atom. The number of fused-ring (bicyclic) bond motifs is 1. The summed E-state index contributed by atoms with van der Waals surface area (Å²) in [5, 5.41) is 4.38. The van der Waals surface area contributed by atoms with E-state index in [0.29, 0.717) is 18.3 Å². The maximum Gasteiger partial charge on any atom is 0.238 e. The van der Waals surface area contributed by atoms with Gasteiger partial charge in [-0.1, -0.05) is 0 Å². The highest BCUT2D eigenvalue weighted by atomic mass is 32.2. The Bertz CT molecular complexity index is 642. The number of aromatic nitrogens is 2. The minimum atomic E-state index is -3.35. The molecule has 0 amide bonds. The van der Waals surface area contributed by atoms with E-state index in [9.17, 15) is 8.42 Å². The Hall–Kier alpha value is -1.12.